The summed E-state index contributed by atoms with van der Waals surface area (Å²) >= 11 is 0. The average Bonchev–Trinajstić information content (AvgIpc) is 2.78. The predicted octanol–water partition coefficient (Wildman–Crippen LogP) is 4.14. The number of hydrogen-bond donors (Lipinski definition) is 0. The van der Waals surface area contributed by atoms with Gasteiger partial charge in [-0.25, -0.2) is 13.8 Å². The lowest BCUT2D eigenvalue weighted by Crippen LogP contribution is -2.47. The smallest absolute Gasteiger partial charge is 0.144 e. The Morgan fingerprint density at radius 2 is 1.43 bits per heavy atom. The summed E-state index contributed by atoms with van der Waals surface area (Å²) in [7, 11) is 0. The van der Waals surface area contributed by atoms with Crippen LogP contribution in [0.5, 0.6) is 0 Å². The van der Waals surface area contributed by atoms with Gasteiger partial charge in [0.2, 0.25) is 0 Å². The minimum Gasteiger partial charge on any atom is -0.296 e. The van der Waals surface area contributed by atoms with Gasteiger partial charge in [0.15, 0.2) is 0 Å². The third kappa shape index (κ3) is 4.54. The molecule has 6 heteroatoms. The predicted molar refractivity (Wildman–Crippen MR) is 110 cm³/mol. The van der Waals surface area contributed by atoms with Gasteiger partial charge >= 0.3 is 0 Å². The van der Waals surface area contributed by atoms with E-state index in [1.165, 1.54) is 24.3 Å². The molecule has 3 aromatic rings. The zero-order valence-electron chi connectivity index (χ0n) is 16.5. The van der Waals surface area contributed by atoms with E-state index in [-0.39, 0.29) is 17.7 Å². The first-order valence-electron chi connectivity index (χ1n) is 9.95. The van der Waals surface area contributed by atoms with Crippen molar-refractivity contribution in [2.75, 3.05) is 26.2 Å². The van der Waals surface area contributed by atoms with Gasteiger partial charge in [0, 0.05) is 44.5 Å². The molecule has 1 saturated heterocycles. The Balaban J connectivity index is 1.51. The topological polar surface area (TPSA) is 43.2 Å². The van der Waals surface area contributed by atoms with E-state index in [9.17, 15) is 14.0 Å². The lowest BCUT2D eigenvalue weighted by Gasteiger charge is -2.40. The third-order valence-corrected chi connectivity index (χ3v) is 5.53. The maximum Gasteiger partial charge on any atom is 0.144 e. The number of rotatable bonds is 5. The molecule has 1 aromatic heterocycles. The van der Waals surface area contributed by atoms with Crippen LogP contribution in [0.1, 0.15) is 28.4 Å². The van der Waals surface area contributed by atoms with Crippen LogP contribution in [0.15, 0.2) is 66.9 Å². The van der Waals surface area contributed by atoms with Gasteiger partial charge in [-0.2, -0.15) is 5.26 Å². The van der Waals surface area contributed by atoms with Gasteiger partial charge < -0.3 is 0 Å². The van der Waals surface area contributed by atoms with Crippen LogP contribution in [0.3, 0.4) is 0 Å². The summed E-state index contributed by atoms with van der Waals surface area (Å²) in [6.45, 7) is 3.96. The molecule has 1 aliphatic heterocycles. The lowest BCUT2D eigenvalue weighted by atomic mass is 9.96. The standard InChI is InChI=1S/C24H22F2N4/c25-21-7-3-18(4-8-21)24(19-5-9-22(26)10-6-19)30-14-12-29(13-15-30)17-20-2-1-11-28-23(20)16-27/h1-11,24H,12-15,17H2. The summed E-state index contributed by atoms with van der Waals surface area (Å²) in [4.78, 5) is 8.78. The summed E-state index contributed by atoms with van der Waals surface area (Å²) in [5.74, 6) is -0.544. The highest BCUT2D eigenvalue weighted by Crippen LogP contribution is 2.30. The molecule has 30 heavy (non-hydrogen) atoms. The monoisotopic (exact) mass is 404 g/mol. The van der Waals surface area contributed by atoms with Crippen molar-refractivity contribution in [2.45, 2.75) is 12.6 Å². The van der Waals surface area contributed by atoms with Gasteiger partial charge in [0.05, 0.1) is 6.04 Å². The summed E-state index contributed by atoms with van der Waals surface area (Å²) < 4.78 is 26.9. The van der Waals surface area contributed by atoms with Crippen molar-refractivity contribution in [1.82, 2.24) is 14.8 Å². The molecule has 4 rings (SSSR count). The van der Waals surface area contributed by atoms with Crippen molar-refractivity contribution in [3.8, 4) is 6.07 Å². The molecule has 152 valence electrons. The largest absolute Gasteiger partial charge is 0.296 e. The van der Waals surface area contributed by atoms with E-state index in [2.05, 4.69) is 20.9 Å². The van der Waals surface area contributed by atoms with Crippen molar-refractivity contribution in [3.63, 3.8) is 0 Å². The first-order chi connectivity index (χ1) is 14.6. The summed E-state index contributed by atoms with van der Waals surface area (Å²) in [5.41, 5.74) is 3.36. The van der Waals surface area contributed by atoms with E-state index in [0.29, 0.717) is 12.2 Å². The molecule has 0 aliphatic carbocycles. The number of benzene rings is 2. The minimum atomic E-state index is -0.272. The number of nitrogens with zero attached hydrogens (tertiary/aromatic N) is 4. The van der Waals surface area contributed by atoms with Crippen molar-refractivity contribution in [3.05, 3.63) is 101 Å². The Kier molecular flexibility index (Phi) is 6.12. The first-order valence-corrected chi connectivity index (χ1v) is 9.95. The Bertz CT molecular complexity index is 975. The summed E-state index contributed by atoms with van der Waals surface area (Å²) in [5, 5.41) is 9.26. The highest BCUT2D eigenvalue weighted by Gasteiger charge is 2.27. The molecule has 0 spiro atoms. The highest BCUT2D eigenvalue weighted by molar-refractivity contribution is 5.33. The lowest BCUT2D eigenvalue weighted by molar-refractivity contribution is 0.104. The Morgan fingerprint density at radius 3 is 1.97 bits per heavy atom. The van der Waals surface area contributed by atoms with Gasteiger partial charge in [0.25, 0.3) is 0 Å². The Labute approximate surface area is 175 Å². The number of pyridine rings is 1. The van der Waals surface area contributed by atoms with Gasteiger partial charge in [-0.05, 0) is 41.5 Å². The first kappa shape index (κ1) is 20.1. The van der Waals surface area contributed by atoms with E-state index in [4.69, 9.17) is 0 Å². The van der Waals surface area contributed by atoms with Gasteiger partial charge in [-0.15, -0.1) is 0 Å². The van der Waals surface area contributed by atoms with E-state index < -0.39 is 0 Å². The van der Waals surface area contributed by atoms with E-state index in [1.54, 1.807) is 30.5 Å². The zero-order valence-corrected chi connectivity index (χ0v) is 16.5. The number of aromatic nitrogens is 1. The van der Waals surface area contributed by atoms with Gasteiger partial charge in [0.1, 0.15) is 23.4 Å². The maximum atomic E-state index is 13.5. The SMILES string of the molecule is N#Cc1ncccc1CN1CCN(C(c2ccc(F)cc2)c2ccc(F)cc2)CC1. The number of hydrogen-bond acceptors (Lipinski definition) is 4. The second kappa shape index (κ2) is 9.12. The molecule has 0 N–H and O–H groups in total. The molecule has 0 radical (unpaired) electrons. The zero-order chi connectivity index (χ0) is 20.9. The molecule has 1 aliphatic rings. The second-order valence-corrected chi connectivity index (χ2v) is 7.44. The van der Waals surface area contributed by atoms with Crippen LogP contribution in [-0.4, -0.2) is 41.0 Å². The van der Waals surface area contributed by atoms with Crippen LogP contribution in [0.2, 0.25) is 0 Å². The number of nitriles is 1. The van der Waals surface area contributed by atoms with Crippen LogP contribution in [0.4, 0.5) is 8.78 Å². The van der Waals surface area contributed by atoms with Gasteiger partial charge in [-0.1, -0.05) is 30.3 Å². The van der Waals surface area contributed by atoms with E-state index >= 15 is 0 Å². The van der Waals surface area contributed by atoms with E-state index in [0.717, 1.165) is 42.9 Å². The normalized spacial score (nSPS) is 15.3. The molecule has 0 amide bonds. The van der Waals surface area contributed by atoms with Crippen molar-refractivity contribution >= 4 is 0 Å². The van der Waals surface area contributed by atoms with Crippen molar-refractivity contribution in [1.29, 1.82) is 5.26 Å². The van der Waals surface area contributed by atoms with E-state index in [1.807, 2.05) is 12.1 Å². The molecule has 4 nitrogen and oxygen atoms in total. The summed E-state index contributed by atoms with van der Waals surface area (Å²) in [6, 6.07) is 18.9. The van der Waals surface area contributed by atoms with Crippen molar-refractivity contribution in [2.24, 2.45) is 0 Å². The molecular formula is C24H22F2N4. The highest BCUT2D eigenvalue weighted by atomic mass is 19.1. The molecule has 0 atom stereocenters. The Hall–Kier alpha value is -3.14. The second-order valence-electron chi connectivity index (χ2n) is 7.44. The average molecular weight is 404 g/mol. The molecule has 1 fully saturated rings. The van der Waals surface area contributed by atoms with Gasteiger partial charge in [-0.3, -0.25) is 9.80 Å². The molecule has 2 heterocycles. The fourth-order valence-electron chi connectivity index (χ4n) is 3.99. The number of halogens is 2. The summed E-state index contributed by atoms with van der Waals surface area (Å²) in [6.07, 6.45) is 1.63. The maximum absolute atomic E-state index is 13.5. The quantitative estimate of drug-likeness (QED) is 0.641. The fraction of sp³-hybridized carbons (Fsp3) is 0.250. The van der Waals surface area contributed by atoms with Crippen LogP contribution in [-0.2, 0) is 6.54 Å². The Morgan fingerprint density at radius 1 is 0.867 bits per heavy atom. The van der Waals surface area contributed by atoms with Crippen LogP contribution in [0.25, 0.3) is 0 Å². The van der Waals surface area contributed by atoms with Crippen LogP contribution >= 0.6 is 0 Å². The molecule has 0 bridgehead atoms. The van der Waals surface area contributed by atoms with Crippen LogP contribution < -0.4 is 0 Å². The molecular weight excluding hydrogens is 382 g/mol. The molecule has 0 unspecified atom stereocenters. The molecule has 2 aromatic carbocycles. The third-order valence-electron chi connectivity index (χ3n) is 5.53. The molecule has 0 saturated carbocycles. The number of piperazine rings is 1. The fourth-order valence-corrected chi connectivity index (χ4v) is 3.99. The minimum absolute atomic E-state index is 0.0681. The van der Waals surface area contributed by atoms with Crippen molar-refractivity contribution < 1.29 is 8.78 Å². The van der Waals surface area contributed by atoms with Crippen LogP contribution in [0, 0.1) is 23.0 Å².